The Balaban J connectivity index is 1.21. The Bertz CT molecular complexity index is 2680. The average Bonchev–Trinajstić information content (AvgIpc) is 3.59. The van der Waals surface area contributed by atoms with Crippen LogP contribution in [0, 0.1) is 0 Å². The van der Waals surface area contributed by atoms with Crippen LogP contribution in [0.4, 0.5) is 0 Å². The molecular formula is C45H26. The van der Waals surface area contributed by atoms with Crippen molar-refractivity contribution in [1.29, 1.82) is 0 Å². The van der Waals surface area contributed by atoms with Crippen LogP contribution in [0.2, 0.25) is 0 Å². The van der Waals surface area contributed by atoms with Crippen molar-refractivity contribution >= 4 is 43.1 Å². The summed E-state index contributed by atoms with van der Waals surface area (Å²) >= 11 is 0. The van der Waals surface area contributed by atoms with Gasteiger partial charge in [-0.25, -0.2) is 0 Å². The summed E-state index contributed by atoms with van der Waals surface area (Å²) < 4.78 is 0. The van der Waals surface area contributed by atoms with Crippen LogP contribution in [-0.2, 0) is 5.41 Å². The Morgan fingerprint density at radius 1 is 0.289 bits per heavy atom. The summed E-state index contributed by atoms with van der Waals surface area (Å²) in [7, 11) is 0. The van der Waals surface area contributed by atoms with E-state index in [0.29, 0.717) is 0 Å². The van der Waals surface area contributed by atoms with Gasteiger partial charge in [-0.1, -0.05) is 152 Å². The maximum atomic E-state index is 2.44. The maximum absolute atomic E-state index is 2.44. The third-order valence-electron chi connectivity index (χ3n) is 10.8. The van der Waals surface area contributed by atoms with Gasteiger partial charge in [-0.15, -0.1) is 0 Å². The molecule has 0 radical (unpaired) electrons. The molecule has 0 heteroatoms. The average molecular weight is 567 g/mol. The molecule has 0 aromatic heterocycles. The Morgan fingerprint density at radius 2 is 0.844 bits per heavy atom. The quantitative estimate of drug-likeness (QED) is 0.144. The molecule has 2 aliphatic carbocycles. The minimum Gasteiger partial charge on any atom is -0.0622 e. The van der Waals surface area contributed by atoms with E-state index in [1.54, 1.807) is 0 Å². The first-order chi connectivity index (χ1) is 22.3. The van der Waals surface area contributed by atoms with E-state index >= 15 is 0 Å². The third-order valence-corrected chi connectivity index (χ3v) is 10.8. The molecule has 0 saturated carbocycles. The fraction of sp³-hybridized carbons (Fsp3) is 0.0222. The largest absolute Gasteiger partial charge is 0.0726 e. The van der Waals surface area contributed by atoms with Crippen LogP contribution in [0.1, 0.15) is 22.3 Å². The molecule has 0 bridgehead atoms. The van der Waals surface area contributed by atoms with Crippen LogP contribution in [-0.4, -0.2) is 0 Å². The van der Waals surface area contributed by atoms with Crippen molar-refractivity contribution in [2.24, 2.45) is 0 Å². The molecule has 11 rings (SSSR count). The lowest BCUT2D eigenvalue weighted by Gasteiger charge is -2.31. The highest BCUT2D eigenvalue weighted by Gasteiger charge is 2.51. The zero-order chi connectivity index (χ0) is 29.3. The standard InChI is InChI=1S/C45H26/c1-2-8-27(9-3-1)28-16-18-29(19-17-28)32-23-24-38-36(26-32)33-11-4-5-14-37(33)45(38)39-15-7-13-35-34-12-6-10-30-20-21-31-22-25-40(45)44(43(35)39)42(31)41(30)34/h1-26H. The van der Waals surface area contributed by atoms with Gasteiger partial charge in [-0.2, -0.15) is 0 Å². The van der Waals surface area contributed by atoms with E-state index in [4.69, 9.17) is 0 Å². The van der Waals surface area contributed by atoms with Crippen molar-refractivity contribution < 1.29 is 0 Å². The van der Waals surface area contributed by atoms with Gasteiger partial charge in [0.15, 0.2) is 0 Å². The van der Waals surface area contributed by atoms with Gasteiger partial charge in [-0.3, -0.25) is 0 Å². The second kappa shape index (κ2) is 8.25. The zero-order valence-corrected chi connectivity index (χ0v) is 24.5. The Labute approximate surface area is 261 Å². The van der Waals surface area contributed by atoms with Gasteiger partial charge in [0.2, 0.25) is 0 Å². The van der Waals surface area contributed by atoms with Crippen molar-refractivity contribution in [1.82, 2.24) is 0 Å². The van der Waals surface area contributed by atoms with Crippen molar-refractivity contribution in [3.05, 3.63) is 180 Å². The molecule has 9 aromatic rings. The Kier molecular flexibility index (Phi) is 4.35. The molecule has 45 heavy (non-hydrogen) atoms. The van der Waals surface area contributed by atoms with Gasteiger partial charge >= 0.3 is 0 Å². The number of rotatable bonds is 2. The molecule has 0 amide bonds. The molecule has 0 fully saturated rings. The number of fused-ring (bicyclic) bond motifs is 8. The lowest BCUT2D eigenvalue weighted by Crippen LogP contribution is -2.26. The normalized spacial score (nSPS) is 16.1. The fourth-order valence-electron chi connectivity index (χ4n) is 9.02. The van der Waals surface area contributed by atoms with Gasteiger partial charge in [0, 0.05) is 0 Å². The van der Waals surface area contributed by atoms with Gasteiger partial charge < -0.3 is 0 Å². The highest BCUT2D eigenvalue weighted by Crippen LogP contribution is 2.64. The maximum Gasteiger partial charge on any atom is 0.0726 e. The van der Waals surface area contributed by atoms with E-state index in [-0.39, 0.29) is 5.41 Å². The lowest BCUT2D eigenvalue weighted by molar-refractivity contribution is 0.797. The van der Waals surface area contributed by atoms with E-state index in [2.05, 4.69) is 158 Å². The molecule has 206 valence electrons. The monoisotopic (exact) mass is 566 g/mol. The van der Waals surface area contributed by atoms with Gasteiger partial charge in [-0.05, 0) is 105 Å². The van der Waals surface area contributed by atoms with Crippen LogP contribution in [0.25, 0.3) is 76.5 Å². The van der Waals surface area contributed by atoms with E-state index in [9.17, 15) is 0 Å². The molecular weight excluding hydrogens is 540 g/mol. The third kappa shape index (κ3) is 2.79. The van der Waals surface area contributed by atoms with Crippen molar-refractivity contribution in [3.8, 4) is 33.4 Å². The summed E-state index contributed by atoms with van der Waals surface area (Å²) in [5.74, 6) is 0. The summed E-state index contributed by atoms with van der Waals surface area (Å²) in [6.07, 6.45) is 0. The molecule has 0 nitrogen and oxygen atoms in total. The Hall–Kier alpha value is -5.72. The summed E-state index contributed by atoms with van der Waals surface area (Å²) in [5.41, 5.74) is 12.9. The van der Waals surface area contributed by atoms with E-state index < -0.39 is 0 Å². The molecule has 1 unspecified atom stereocenters. The highest BCUT2D eigenvalue weighted by atomic mass is 14.5. The smallest absolute Gasteiger partial charge is 0.0622 e. The van der Waals surface area contributed by atoms with Gasteiger partial charge in [0.1, 0.15) is 0 Å². The first-order valence-corrected chi connectivity index (χ1v) is 15.9. The summed E-state index contributed by atoms with van der Waals surface area (Å²) in [4.78, 5) is 0. The minimum absolute atomic E-state index is 0.347. The molecule has 0 heterocycles. The Morgan fingerprint density at radius 3 is 1.69 bits per heavy atom. The molecule has 0 saturated heterocycles. The first kappa shape index (κ1) is 23.7. The van der Waals surface area contributed by atoms with Crippen LogP contribution < -0.4 is 0 Å². The number of benzene rings is 9. The first-order valence-electron chi connectivity index (χ1n) is 15.9. The molecule has 1 atom stereocenters. The number of hydrogen-bond donors (Lipinski definition) is 0. The lowest BCUT2D eigenvalue weighted by atomic mass is 9.70. The van der Waals surface area contributed by atoms with Crippen LogP contribution in [0.5, 0.6) is 0 Å². The van der Waals surface area contributed by atoms with Crippen LogP contribution in [0.15, 0.2) is 158 Å². The summed E-state index contributed by atoms with van der Waals surface area (Å²) in [5, 5.41) is 11.0. The van der Waals surface area contributed by atoms with Gasteiger partial charge in [0.05, 0.1) is 5.41 Å². The highest BCUT2D eigenvalue weighted by molar-refractivity contribution is 6.36. The van der Waals surface area contributed by atoms with Crippen molar-refractivity contribution in [3.63, 3.8) is 0 Å². The predicted octanol–water partition coefficient (Wildman–Crippen LogP) is 11.7. The molecule has 0 aliphatic heterocycles. The molecule has 9 aromatic carbocycles. The molecule has 0 N–H and O–H groups in total. The van der Waals surface area contributed by atoms with Gasteiger partial charge in [0.25, 0.3) is 0 Å². The molecule has 1 spiro atoms. The SMILES string of the molecule is c1ccc(-c2ccc(-c3ccc4c(c3)-c3ccccc3C43c4cccc5c6cccc7ccc8ccc3c(c45)c8c76)cc2)cc1. The summed E-state index contributed by atoms with van der Waals surface area (Å²) in [6.45, 7) is 0. The van der Waals surface area contributed by atoms with Crippen molar-refractivity contribution in [2.45, 2.75) is 5.41 Å². The zero-order valence-electron chi connectivity index (χ0n) is 24.5. The van der Waals surface area contributed by atoms with Crippen molar-refractivity contribution in [2.75, 3.05) is 0 Å². The topological polar surface area (TPSA) is 0 Å². The van der Waals surface area contributed by atoms with E-state index in [0.717, 1.165) is 0 Å². The second-order valence-electron chi connectivity index (χ2n) is 12.8. The second-order valence-corrected chi connectivity index (χ2v) is 12.8. The van der Waals surface area contributed by atoms with E-state index in [1.807, 2.05) is 0 Å². The summed E-state index contributed by atoms with van der Waals surface area (Å²) in [6, 6.07) is 59.3. The fourth-order valence-corrected chi connectivity index (χ4v) is 9.02. The van der Waals surface area contributed by atoms with Crippen LogP contribution in [0.3, 0.4) is 0 Å². The predicted molar refractivity (Wildman–Crippen MR) is 189 cm³/mol. The molecule has 2 aliphatic rings. The minimum atomic E-state index is -0.347. The van der Waals surface area contributed by atoms with Crippen LogP contribution >= 0.6 is 0 Å². The number of hydrogen-bond acceptors (Lipinski definition) is 0. The van der Waals surface area contributed by atoms with E-state index in [1.165, 1.54) is 98.7 Å².